The summed E-state index contributed by atoms with van der Waals surface area (Å²) >= 11 is 12.4. The Morgan fingerprint density at radius 3 is 2.71 bits per heavy atom. The average Bonchev–Trinajstić information content (AvgIpc) is 3.17. The minimum Gasteiger partial charge on any atom is -0.269 e. The number of rotatable bonds is 3. The molecule has 4 rings (SSSR count). The number of hydrogen-bond acceptors (Lipinski definition) is 3. The third kappa shape index (κ3) is 2.56. The lowest BCUT2D eigenvalue weighted by molar-refractivity contribution is 0.623. The van der Waals surface area contributed by atoms with Gasteiger partial charge in [-0.05, 0) is 12.1 Å². The largest absolute Gasteiger partial charge is 0.269 e. The van der Waals surface area contributed by atoms with E-state index >= 15 is 0 Å². The van der Waals surface area contributed by atoms with E-state index in [-0.39, 0.29) is 0 Å². The lowest BCUT2D eigenvalue weighted by atomic mass is 10.0. The van der Waals surface area contributed by atoms with Crippen molar-refractivity contribution in [2.45, 2.75) is 6.54 Å². The Morgan fingerprint density at radius 1 is 1.08 bits per heavy atom. The van der Waals surface area contributed by atoms with E-state index in [2.05, 4.69) is 16.1 Å². The fraction of sp³-hybridized carbons (Fsp3) is 0.118. The van der Waals surface area contributed by atoms with Crippen molar-refractivity contribution in [3.8, 4) is 11.1 Å². The summed E-state index contributed by atoms with van der Waals surface area (Å²) in [5.41, 5.74) is 3.86. The lowest BCUT2D eigenvalue weighted by Crippen LogP contribution is -2.06. The van der Waals surface area contributed by atoms with Crippen LogP contribution < -0.4 is 0 Å². The van der Waals surface area contributed by atoms with Gasteiger partial charge >= 0.3 is 0 Å². The molecule has 0 aliphatic heterocycles. The first-order valence-electron chi connectivity index (χ1n) is 7.36. The molecule has 0 radical (unpaired) electrons. The van der Waals surface area contributed by atoms with Gasteiger partial charge in [-0.2, -0.15) is 10.2 Å². The maximum Gasteiger partial charge on any atom is 0.137 e. The number of hydrogen-bond donors (Lipinski definition) is 0. The molecule has 0 unspecified atom stereocenters. The van der Waals surface area contributed by atoms with Gasteiger partial charge in [0, 0.05) is 33.6 Å². The molecule has 0 N–H and O–H groups in total. The van der Waals surface area contributed by atoms with Crippen LogP contribution >= 0.6 is 23.2 Å². The van der Waals surface area contributed by atoms with E-state index in [0.717, 1.165) is 27.7 Å². The van der Waals surface area contributed by atoms with Crippen molar-refractivity contribution in [2.75, 3.05) is 0 Å². The second kappa shape index (κ2) is 5.92. The molecule has 0 bridgehead atoms. The summed E-state index contributed by atoms with van der Waals surface area (Å²) in [5, 5.41) is 11.2. The number of fused-ring (bicyclic) bond motifs is 1. The van der Waals surface area contributed by atoms with Gasteiger partial charge in [0.1, 0.15) is 18.2 Å². The zero-order valence-electron chi connectivity index (χ0n) is 12.8. The van der Waals surface area contributed by atoms with Crippen LogP contribution in [0.5, 0.6) is 0 Å². The van der Waals surface area contributed by atoms with E-state index in [0.29, 0.717) is 16.6 Å². The minimum absolute atomic E-state index is 0.602. The van der Waals surface area contributed by atoms with Crippen LogP contribution in [0.2, 0.25) is 10.0 Å². The molecular weight excluding hydrogens is 345 g/mol. The highest BCUT2D eigenvalue weighted by Gasteiger charge is 2.15. The van der Waals surface area contributed by atoms with Crippen molar-refractivity contribution in [1.29, 1.82) is 0 Å². The fourth-order valence-electron chi connectivity index (χ4n) is 2.85. The Morgan fingerprint density at radius 2 is 1.96 bits per heavy atom. The molecule has 0 aliphatic carbocycles. The Bertz CT molecular complexity index is 1020. The summed E-state index contributed by atoms with van der Waals surface area (Å²) in [4.78, 5) is 3.99. The zero-order valence-corrected chi connectivity index (χ0v) is 14.3. The number of aromatic nitrogens is 5. The van der Waals surface area contributed by atoms with E-state index in [1.54, 1.807) is 17.1 Å². The molecule has 2 heterocycles. The standard InChI is InChI=1S/C17H13Cl2N5/c1-23-16(8-24-10-20-9-21-24)14-4-2-3-13(17(14)22-23)12-6-5-11(18)7-15(12)19/h2-7,9-10H,8H2,1H3. The Labute approximate surface area is 148 Å². The van der Waals surface area contributed by atoms with Crippen molar-refractivity contribution in [3.05, 3.63) is 64.8 Å². The lowest BCUT2D eigenvalue weighted by Gasteiger charge is -2.06. The van der Waals surface area contributed by atoms with E-state index in [1.807, 2.05) is 36.0 Å². The van der Waals surface area contributed by atoms with Crippen LogP contribution in [0.1, 0.15) is 5.69 Å². The maximum atomic E-state index is 6.38. The van der Waals surface area contributed by atoms with E-state index in [9.17, 15) is 0 Å². The monoisotopic (exact) mass is 357 g/mol. The van der Waals surface area contributed by atoms with Gasteiger partial charge in [-0.15, -0.1) is 0 Å². The molecule has 0 fully saturated rings. The summed E-state index contributed by atoms with van der Waals surface area (Å²) in [6.07, 6.45) is 3.22. The third-order valence-corrected chi connectivity index (χ3v) is 4.54. The third-order valence-electron chi connectivity index (χ3n) is 3.99. The number of aryl methyl sites for hydroxylation is 1. The Balaban J connectivity index is 1.89. The van der Waals surface area contributed by atoms with Gasteiger partial charge in [0.2, 0.25) is 0 Å². The fourth-order valence-corrected chi connectivity index (χ4v) is 3.36. The van der Waals surface area contributed by atoms with Gasteiger partial charge in [0.15, 0.2) is 0 Å². The summed E-state index contributed by atoms with van der Waals surface area (Å²) < 4.78 is 3.65. The van der Waals surface area contributed by atoms with Crippen molar-refractivity contribution < 1.29 is 0 Å². The van der Waals surface area contributed by atoms with Crippen molar-refractivity contribution in [1.82, 2.24) is 24.5 Å². The molecule has 5 nitrogen and oxygen atoms in total. The second-order valence-corrected chi connectivity index (χ2v) is 6.33. The van der Waals surface area contributed by atoms with E-state index < -0.39 is 0 Å². The first kappa shape index (κ1) is 15.2. The van der Waals surface area contributed by atoms with Crippen molar-refractivity contribution in [2.24, 2.45) is 7.05 Å². The number of halogens is 2. The van der Waals surface area contributed by atoms with Crippen molar-refractivity contribution >= 4 is 34.1 Å². The molecule has 0 amide bonds. The molecule has 0 atom stereocenters. The molecule has 0 aliphatic rings. The molecule has 24 heavy (non-hydrogen) atoms. The van der Waals surface area contributed by atoms with Crippen LogP contribution in [-0.4, -0.2) is 24.5 Å². The first-order chi connectivity index (χ1) is 11.6. The summed E-state index contributed by atoms with van der Waals surface area (Å²) in [6, 6.07) is 11.6. The predicted octanol–water partition coefficient (Wildman–Crippen LogP) is 4.19. The highest BCUT2D eigenvalue weighted by Crippen LogP contribution is 2.35. The van der Waals surface area contributed by atoms with Gasteiger partial charge < -0.3 is 0 Å². The molecule has 0 saturated carbocycles. The zero-order chi connectivity index (χ0) is 16.7. The highest BCUT2D eigenvalue weighted by atomic mass is 35.5. The summed E-state index contributed by atoms with van der Waals surface area (Å²) in [5.74, 6) is 0. The van der Waals surface area contributed by atoms with Crippen LogP contribution in [0.15, 0.2) is 49.1 Å². The van der Waals surface area contributed by atoms with Crippen LogP contribution in [0.4, 0.5) is 0 Å². The quantitative estimate of drug-likeness (QED) is 0.552. The van der Waals surface area contributed by atoms with Gasteiger partial charge in [0.05, 0.1) is 12.2 Å². The Kier molecular flexibility index (Phi) is 3.75. The SMILES string of the molecule is Cn1nc2c(-c3ccc(Cl)cc3Cl)cccc2c1Cn1cncn1. The van der Waals surface area contributed by atoms with Gasteiger partial charge in [-0.3, -0.25) is 4.68 Å². The summed E-state index contributed by atoms with van der Waals surface area (Å²) in [7, 11) is 1.93. The predicted molar refractivity (Wildman–Crippen MR) is 95.3 cm³/mol. The van der Waals surface area contributed by atoms with Crippen LogP contribution in [0, 0.1) is 0 Å². The molecule has 120 valence electrons. The van der Waals surface area contributed by atoms with Gasteiger partial charge in [-0.1, -0.05) is 47.5 Å². The molecule has 4 aromatic rings. The molecular formula is C17H13Cl2N5. The maximum absolute atomic E-state index is 6.38. The second-order valence-electron chi connectivity index (χ2n) is 5.49. The highest BCUT2D eigenvalue weighted by molar-refractivity contribution is 6.36. The topological polar surface area (TPSA) is 48.5 Å². The van der Waals surface area contributed by atoms with Crippen LogP contribution in [0.25, 0.3) is 22.0 Å². The Hall–Kier alpha value is -2.37. The van der Waals surface area contributed by atoms with E-state index in [4.69, 9.17) is 28.3 Å². The molecule has 0 saturated heterocycles. The smallest absolute Gasteiger partial charge is 0.137 e. The minimum atomic E-state index is 0.602. The average molecular weight is 358 g/mol. The van der Waals surface area contributed by atoms with E-state index in [1.165, 1.54) is 6.33 Å². The van der Waals surface area contributed by atoms with Crippen molar-refractivity contribution in [3.63, 3.8) is 0 Å². The van der Waals surface area contributed by atoms with Crippen LogP contribution in [-0.2, 0) is 13.6 Å². The molecule has 7 heteroatoms. The van der Waals surface area contributed by atoms with Crippen LogP contribution in [0.3, 0.4) is 0 Å². The normalized spacial score (nSPS) is 11.3. The number of nitrogens with zero attached hydrogens (tertiary/aromatic N) is 5. The molecule has 2 aromatic carbocycles. The first-order valence-corrected chi connectivity index (χ1v) is 8.11. The molecule has 2 aromatic heterocycles. The summed E-state index contributed by atoms with van der Waals surface area (Å²) in [6.45, 7) is 0.602. The van der Waals surface area contributed by atoms with Gasteiger partial charge in [-0.25, -0.2) is 9.67 Å². The molecule has 0 spiro atoms. The van der Waals surface area contributed by atoms with Gasteiger partial charge in [0.25, 0.3) is 0 Å². The number of benzene rings is 2.